The first-order chi connectivity index (χ1) is 7.18. The second-order valence-corrected chi connectivity index (χ2v) is 4.23. The summed E-state index contributed by atoms with van der Waals surface area (Å²) >= 11 is 0. The van der Waals surface area contributed by atoms with Gasteiger partial charge in [-0.05, 0) is 19.3 Å². The molecule has 0 fully saturated rings. The molecule has 3 heteroatoms. The van der Waals surface area contributed by atoms with E-state index < -0.39 is 6.10 Å². The quantitative estimate of drug-likeness (QED) is 0.494. The SMILES string of the molecule is CC1/C=C/CCCCC(O)CC(=O)OC1. The van der Waals surface area contributed by atoms with Crippen LogP contribution in [0.4, 0.5) is 0 Å². The zero-order valence-corrected chi connectivity index (χ0v) is 9.32. The molecule has 1 heterocycles. The van der Waals surface area contributed by atoms with Crippen LogP contribution < -0.4 is 0 Å². The van der Waals surface area contributed by atoms with Crippen molar-refractivity contribution in [3.8, 4) is 0 Å². The predicted molar refractivity (Wildman–Crippen MR) is 58.4 cm³/mol. The maximum atomic E-state index is 11.2. The first-order valence-corrected chi connectivity index (χ1v) is 5.69. The molecule has 0 saturated carbocycles. The zero-order valence-electron chi connectivity index (χ0n) is 9.32. The number of aliphatic hydroxyl groups excluding tert-OH is 1. The molecule has 0 amide bonds. The van der Waals surface area contributed by atoms with Crippen molar-refractivity contribution in [2.75, 3.05) is 6.61 Å². The van der Waals surface area contributed by atoms with Gasteiger partial charge in [0.2, 0.25) is 0 Å². The molecule has 2 atom stereocenters. The lowest BCUT2D eigenvalue weighted by atomic mass is 10.1. The number of hydrogen-bond acceptors (Lipinski definition) is 3. The second-order valence-electron chi connectivity index (χ2n) is 4.23. The Morgan fingerprint density at radius 3 is 3.07 bits per heavy atom. The predicted octanol–water partition coefficient (Wildman–Crippen LogP) is 2.05. The van der Waals surface area contributed by atoms with E-state index in [2.05, 4.69) is 12.2 Å². The van der Waals surface area contributed by atoms with Crippen LogP contribution in [0.25, 0.3) is 0 Å². The summed E-state index contributed by atoms with van der Waals surface area (Å²) in [6, 6.07) is 0. The largest absolute Gasteiger partial charge is 0.465 e. The van der Waals surface area contributed by atoms with Gasteiger partial charge in [-0.2, -0.15) is 0 Å². The third-order valence-electron chi connectivity index (χ3n) is 2.53. The first kappa shape index (κ1) is 12.2. The van der Waals surface area contributed by atoms with E-state index in [1.54, 1.807) is 0 Å². The number of rotatable bonds is 0. The molecule has 0 radical (unpaired) electrons. The molecule has 2 unspecified atom stereocenters. The van der Waals surface area contributed by atoms with Crippen molar-refractivity contribution in [2.45, 2.75) is 45.1 Å². The summed E-state index contributed by atoms with van der Waals surface area (Å²) < 4.78 is 5.05. The molecule has 1 aliphatic rings. The molecule has 86 valence electrons. The van der Waals surface area contributed by atoms with Gasteiger partial charge in [-0.15, -0.1) is 0 Å². The van der Waals surface area contributed by atoms with Gasteiger partial charge < -0.3 is 9.84 Å². The van der Waals surface area contributed by atoms with Crippen molar-refractivity contribution < 1.29 is 14.6 Å². The Bertz CT molecular complexity index is 223. The summed E-state index contributed by atoms with van der Waals surface area (Å²) in [6.45, 7) is 2.44. The maximum absolute atomic E-state index is 11.2. The Kier molecular flexibility index (Phi) is 5.40. The third-order valence-corrected chi connectivity index (χ3v) is 2.53. The molecule has 1 rings (SSSR count). The Morgan fingerprint density at radius 2 is 2.27 bits per heavy atom. The van der Waals surface area contributed by atoms with Crippen molar-refractivity contribution in [3.05, 3.63) is 12.2 Å². The maximum Gasteiger partial charge on any atom is 0.308 e. The number of carbonyl (C=O) groups excluding carboxylic acids is 1. The van der Waals surface area contributed by atoms with Crippen LogP contribution in [-0.2, 0) is 9.53 Å². The summed E-state index contributed by atoms with van der Waals surface area (Å²) in [5, 5.41) is 9.51. The molecule has 0 aliphatic carbocycles. The average Bonchev–Trinajstić information content (AvgIpc) is 2.18. The Balaban J connectivity index is 2.45. The lowest BCUT2D eigenvalue weighted by Gasteiger charge is -2.13. The highest BCUT2D eigenvalue weighted by Crippen LogP contribution is 2.11. The van der Waals surface area contributed by atoms with Crippen molar-refractivity contribution in [3.63, 3.8) is 0 Å². The molecule has 0 aromatic carbocycles. The van der Waals surface area contributed by atoms with E-state index in [0.717, 1.165) is 19.3 Å². The Labute approximate surface area is 91.1 Å². The standard InChI is InChI=1S/C12H20O3/c1-10-6-4-2-3-5-7-11(13)8-12(14)15-9-10/h4,6,10-11,13H,2-3,5,7-9H2,1H3/b6-4+. The lowest BCUT2D eigenvalue weighted by Crippen LogP contribution is -2.18. The topological polar surface area (TPSA) is 46.5 Å². The Morgan fingerprint density at radius 1 is 1.47 bits per heavy atom. The molecule has 0 aromatic rings. The van der Waals surface area contributed by atoms with Crippen LogP contribution in [0.2, 0.25) is 0 Å². The molecule has 0 saturated heterocycles. The van der Waals surface area contributed by atoms with Gasteiger partial charge in [0.25, 0.3) is 0 Å². The average molecular weight is 212 g/mol. The normalized spacial score (nSPS) is 32.3. The molecule has 0 spiro atoms. The number of cyclic esters (lactones) is 1. The van der Waals surface area contributed by atoms with Gasteiger partial charge in [0, 0.05) is 5.92 Å². The monoisotopic (exact) mass is 212 g/mol. The lowest BCUT2D eigenvalue weighted by molar-refractivity contribution is -0.146. The van der Waals surface area contributed by atoms with Crippen molar-refractivity contribution in [2.24, 2.45) is 5.92 Å². The number of aliphatic hydroxyl groups is 1. The van der Waals surface area contributed by atoms with Gasteiger partial charge in [-0.1, -0.05) is 25.5 Å². The van der Waals surface area contributed by atoms with Gasteiger partial charge in [-0.25, -0.2) is 0 Å². The molecule has 0 aromatic heterocycles. The van der Waals surface area contributed by atoms with Crippen molar-refractivity contribution >= 4 is 5.97 Å². The Hall–Kier alpha value is -0.830. The summed E-state index contributed by atoms with van der Waals surface area (Å²) in [4.78, 5) is 11.2. The molecule has 3 nitrogen and oxygen atoms in total. The third kappa shape index (κ3) is 5.57. The summed E-state index contributed by atoms with van der Waals surface area (Å²) in [5.41, 5.74) is 0. The fourth-order valence-corrected chi connectivity index (χ4v) is 1.60. The fraction of sp³-hybridized carbons (Fsp3) is 0.750. The van der Waals surface area contributed by atoms with E-state index in [4.69, 9.17) is 4.74 Å². The number of ether oxygens (including phenoxy) is 1. The molecule has 1 N–H and O–H groups in total. The van der Waals surface area contributed by atoms with Crippen molar-refractivity contribution in [1.29, 1.82) is 0 Å². The van der Waals surface area contributed by atoms with Crippen LogP contribution in [0.1, 0.15) is 39.0 Å². The van der Waals surface area contributed by atoms with Crippen LogP contribution in [0.3, 0.4) is 0 Å². The number of allylic oxidation sites excluding steroid dienone is 1. The molecular weight excluding hydrogens is 192 g/mol. The number of esters is 1. The highest BCUT2D eigenvalue weighted by molar-refractivity contribution is 5.69. The molecular formula is C12H20O3. The highest BCUT2D eigenvalue weighted by Gasteiger charge is 2.12. The van der Waals surface area contributed by atoms with E-state index in [9.17, 15) is 9.90 Å². The summed E-state index contributed by atoms with van der Waals surface area (Å²) in [5.74, 6) is -0.0196. The highest BCUT2D eigenvalue weighted by atomic mass is 16.5. The minimum absolute atomic E-state index is 0.135. The van der Waals surface area contributed by atoms with E-state index >= 15 is 0 Å². The van der Waals surface area contributed by atoms with Gasteiger partial charge in [0.15, 0.2) is 0 Å². The van der Waals surface area contributed by atoms with E-state index in [1.165, 1.54) is 0 Å². The first-order valence-electron chi connectivity index (χ1n) is 5.69. The minimum Gasteiger partial charge on any atom is -0.465 e. The number of hydrogen-bond donors (Lipinski definition) is 1. The van der Waals surface area contributed by atoms with Gasteiger partial charge in [0.1, 0.15) is 0 Å². The second kappa shape index (κ2) is 6.62. The van der Waals surface area contributed by atoms with Gasteiger partial charge >= 0.3 is 5.97 Å². The minimum atomic E-state index is -0.531. The van der Waals surface area contributed by atoms with Crippen molar-refractivity contribution in [1.82, 2.24) is 0 Å². The van der Waals surface area contributed by atoms with Crippen LogP contribution in [0.5, 0.6) is 0 Å². The smallest absolute Gasteiger partial charge is 0.308 e. The van der Waals surface area contributed by atoms with E-state index in [-0.39, 0.29) is 18.3 Å². The summed E-state index contributed by atoms with van der Waals surface area (Å²) in [6.07, 6.45) is 7.61. The fourth-order valence-electron chi connectivity index (χ4n) is 1.60. The van der Waals surface area contributed by atoms with Crippen LogP contribution in [-0.4, -0.2) is 23.8 Å². The van der Waals surface area contributed by atoms with Crippen LogP contribution >= 0.6 is 0 Å². The van der Waals surface area contributed by atoms with E-state index in [1.807, 2.05) is 6.92 Å². The van der Waals surface area contributed by atoms with Crippen LogP contribution in [0.15, 0.2) is 12.2 Å². The number of carbonyl (C=O) groups is 1. The molecule has 15 heavy (non-hydrogen) atoms. The summed E-state index contributed by atoms with van der Waals surface area (Å²) in [7, 11) is 0. The molecule has 1 aliphatic heterocycles. The van der Waals surface area contributed by atoms with Gasteiger partial charge in [-0.3, -0.25) is 4.79 Å². The van der Waals surface area contributed by atoms with Gasteiger partial charge in [0.05, 0.1) is 19.1 Å². The van der Waals surface area contributed by atoms with Crippen LogP contribution in [0, 0.1) is 5.92 Å². The molecule has 0 bridgehead atoms. The zero-order chi connectivity index (χ0) is 11.1. The van der Waals surface area contributed by atoms with E-state index in [0.29, 0.717) is 13.0 Å².